The number of carboxylic acids is 1. The summed E-state index contributed by atoms with van der Waals surface area (Å²) >= 11 is 0.852. The molecule has 0 bridgehead atoms. The van der Waals surface area contributed by atoms with Gasteiger partial charge in [0.15, 0.2) is 9.84 Å². The van der Waals surface area contributed by atoms with Crippen molar-refractivity contribution in [2.24, 2.45) is 0 Å². The molecular formula is C11H11FO5S2. The van der Waals surface area contributed by atoms with Crippen LogP contribution >= 0.6 is 11.8 Å². The van der Waals surface area contributed by atoms with Gasteiger partial charge >= 0.3 is 5.97 Å². The van der Waals surface area contributed by atoms with Crippen molar-refractivity contribution < 1.29 is 27.8 Å². The molecule has 5 nitrogen and oxygen atoms in total. The Morgan fingerprint density at radius 3 is 2.58 bits per heavy atom. The Labute approximate surface area is 113 Å². The number of halogens is 1. The number of hydrogen-bond donors (Lipinski definition) is 2. The number of carboxylic acid groups (broad SMARTS) is 1. The molecule has 1 aromatic carbocycles. The lowest BCUT2D eigenvalue weighted by Crippen LogP contribution is -2.20. The normalized spacial score (nSPS) is 25.4. The first-order valence-electron chi connectivity index (χ1n) is 5.36. The van der Waals surface area contributed by atoms with Crippen molar-refractivity contribution in [3.8, 4) is 0 Å². The quantitative estimate of drug-likeness (QED) is 0.857. The van der Waals surface area contributed by atoms with Gasteiger partial charge in [-0.2, -0.15) is 0 Å². The predicted molar refractivity (Wildman–Crippen MR) is 67.7 cm³/mol. The van der Waals surface area contributed by atoms with E-state index in [0.717, 1.165) is 30.0 Å². The number of hydrogen-bond acceptors (Lipinski definition) is 5. The van der Waals surface area contributed by atoms with E-state index in [4.69, 9.17) is 5.11 Å². The van der Waals surface area contributed by atoms with Crippen LogP contribution in [0.5, 0.6) is 0 Å². The fraction of sp³-hybridized carbons (Fsp3) is 0.364. The largest absolute Gasteiger partial charge is 0.478 e. The first-order valence-corrected chi connectivity index (χ1v) is 8.06. The molecule has 2 rings (SSSR count). The highest BCUT2D eigenvalue weighted by molar-refractivity contribution is 8.02. The Balaban J connectivity index is 2.24. The van der Waals surface area contributed by atoms with E-state index in [1.165, 1.54) is 0 Å². The van der Waals surface area contributed by atoms with Crippen LogP contribution in [-0.4, -0.2) is 47.5 Å². The summed E-state index contributed by atoms with van der Waals surface area (Å²) in [7, 11) is -3.31. The van der Waals surface area contributed by atoms with E-state index < -0.39 is 33.0 Å². The maximum Gasteiger partial charge on any atom is 0.335 e. The standard InChI is InChI=1S/C11H11FO5S2/c12-7-2-1-6(11(14)15)3-9(7)18-10-5-19(16,17)4-8(10)13/h1-3,8,10,13H,4-5H2,(H,14,15). The van der Waals surface area contributed by atoms with Crippen LogP contribution in [0, 0.1) is 5.82 Å². The maximum atomic E-state index is 13.6. The lowest BCUT2D eigenvalue weighted by atomic mass is 10.2. The molecule has 1 aliphatic heterocycles. The molecule has 0 amide bonds. The van der Waals surface area contributed by atoms with E-state index in [1.54, 1.807) is 0 Å². The second kappa shape index (κ2) is 5.10. The molecule has 2 unspecified atom stereocenters. The average Bonchev–Trinajstić information content (AvgIpc) is 2.54. The zero-order chi connectivity index (χ0) is 14.2. The molecule has 2 N–H and O–H groups in total. The third-order valence-electron chi connectivity index (χ3n) is 2.73. The molecule has 1 aromatic rings. The molecule has 19 heavy (non-hydrogen) atoms. The van der Waals surface area contributed by atoms with Crippen LogP contribution in [0.3, 0.4) is 0 Å². The molecule has 0 radical (unpaired) electrons. The van der Waals surface area contributed by atoms with Gasteiger partial charge in [0.05, 0.1) is 28.4 Å². The van der Waals surface area contributed by atoms with Crippen LogP contribution in [0.2, 0.25) is 0 Å². The van der Waals surface area contributed by atoms with E-state index in [1.807, 2.05) is 0 Å². The molecule has 1 aliphatic rings. The van der Waals surface area contributed by atoms with Crippen molar-refractivity contribution in [1.29, 1.82) is 0 Å². The highest BCUT2D eigenvalue weighted by Gasteiger charge is 2.37. The van der Waals surface area contributed by atoms with Gasteiger partial charge in [-0.1, -0.05) is 0 Å². The zero-order valence-electron chi connectivity index (χ0n) is 9.61. The smallest absolute Gasteiger partial charge is 0.335 e. The summed E-state index contributed by atoms with van der Waals surface area (Å²) in [6, 6.07) is 3.28. The SMILES string of the molecule is O=C(O)c1ccc(F)c(SC2CS(=O)(=O)CC2O)c1. The first-order chi connectivity index (χ1) is 8.78. The van der Waals surface area contributed by atoms with Crippen LogP contribution in [0.4, 0.5) is 4.39 Å². The number of benzene rings is 1. The Morgan fingerprint density at radius 1 is 1.37 bits per heavy atom. The lowest BCUT2D eigenvalue weighted by Gasteiger charge is -2.13. The van der Waals surface area contributed by atoms with E-state index in [0.29, 0.717) is 0 Å². The van der Waals surface area contributed by atoms with Crippen LogP contribution in [-0.2, 0) is 9.84 Å². The Hall–Kier alpha value is -1.12. The molecule has 1 heterocycles. The molecule has 0 spiro atoms. The van der Waals surface area contributed by atoms with E-state index in [2.05, 4.69) is 0 Å². The number of carbonyl (C=O) groups is 1. The number of aliphatic hydroxyl groups excluding tert-OH is 1. The second-order valence-electron chi connectivity index (χ2n) is 4.25. The monoisotopic (exact) mass is 306 g/mol. The Morgan fingerprint density at radius 2 is 2.05 bits per heavy atom. The minimum atomic E-state index is -3.31. The molecule has 2 atom stereocenters. The second-order valence-corrected chi connectivity index (χ2v) is 7.69. The summed E-state index contributed by atoms with van der Waals surface area (Å²) in [5.41, 5.74) is -0.0840. The minimum absolute atomic E-state index is 0.0288. The molecule has 1 saturated heterocycles. The van der Waals surface area contributed by atoms with E-state index in [-0.39, 0.29) is 22.0 Å². The van der Waals surface area contributed by atoms with Gasteiger partial charge in [-0.15, -0.1) is 11.8 Å². The molecule has 104 valence electrons. The van der Waals surface area contributed by atoms with Gasteiger partial charge in [0, 0.05) is 4.90 Å². The fourth-order valence-electron chi connectivity index (χ4n) is 1.80. The van der Waals surface area contributed by atoms with Crippen molar-refractivity contribution in [1.82, 2.24) is 0 Å². The van der Waals surface area contributed by atoms with Crippen molar-refractivity contribution >= 4 is 27.6 Å². The zero-order valence-corrected chi connectivity index (χ0v) is 11.2. The molecular weight excluding hydrogens is 295 g/mol. The van der Waals surface area contributed by atoms with Gasteiger partial charge < -0.3 is 10.2 Å². The minimum Gasteiger partial charge on any atom is -0.478 e. The van der Waals surface area contributed by atoms with Gasteiger partial charge in [-0.25, -0.2) is 17.6 Å². The average molecular weight is 306 g/mol. The highest BCUT2D eigenvalue weighted by Crippen LogP contribution is 2.33. The van der Waals surface area contributed by atoms with Gasteiger partial charge in [0.25, 0.3) is 0 Å². The number of aliphatic hydroxyl groups is 1. The first kappa shape index (κ1) is 14.3. The Bertz CT molecular complexity index is 614. The van der Waals surface area contributed by atoms with Crippen molar-refractivity contribution in [2.45, 2.75) is 16.2 Å². The fourth-order valence-corrected chi connectivity index (χ4v) is 5.38. The predicted octanol–water partition coefficient (Wildman–Crippen LogP) is 0.774. The third-order valence-corrected chi connectivity index (χ3v) is 6.01. The summed E-state index contributed by atoms with van der Waals surface area (Å²) in [6.07, 6.45) is -1.07. The van der Waals surface area contributed by atoms with Gasteiger partial charge in [0.1, 0.15) is 5.82 Å². The van der Waals surface area contributed by atoms with Gasteiger partial charge in [0.2, 0.25) is 0 Å². The summed E-state index contributed by atoms with van der Waals surface area (Å²) in [5.74, 6) is -2.41. The van der Waals surface area contributed by atoms with Gasteiger partial charge in [-0.3, -0.25) is 0 Å². The van der Waals surface area contributed by atoms with Crippen LogP contribution in [0.15, 0.2) is 23.1 Å². The summed E-state index contributed by atoms with van der Waals surface area (Å²) in [6.45, 7) is 0. The van der Waals surface area contributed by atoms with Gasteiger partial charge in [-0.05, 0) is 18.2 Å². The van der Waals surface area contributed by atoms with Crippen molar-refractivity contribution in [3.05, 3.63) is 29.6 Å². The Kier molecular flexibility index (Phi) is 3.84. The van der Waals surface area contributed by atoms with Crippen LogP contribution in [0.1, 0.15) is 10.4 Å². The molecule has 0 aromatic heterocycles. The van der Waals surface area contributed by atoms with E-state index >= 15 is 0 Å². The summed E-state index contributed by atoms with van der Waals surface area (Å²) in [4.78, 5) is 10.8. The van der Waals surface area contributed by atoms with E-state index in [9.17, 15) is 22.7 Å². The van der Waals surface area contributed by atoms with Crippen LogP contribution in [0.25, 0.3) is 0 Å². The molecule has 8 heteroatoms. The summed E-state index contributed by atoms with van der Waals surface area (Å²) < 4.78 is 36.2. The van der Waals surface area contributed by atoms with Crippen molar-refractivity contribution in [3.63, 3.8) is 0 Å². The number of rotatable bonds is 3. The molecule has 0 saturated carbocycles. The molecule has 1 fully saturated rings. The summed E-state index contributed by atoms with van der Waals surface area (Å²) in [5, 5.41) is 17.8. The maximum absolute atomic E-state index is 13.6. The number of thioether (sulfide) groups is 1. The number of aromatic carboxylic acids is 1. The van der Waals surface area contributed by atoms with Crippen LogP contribution < -0.4 is 0 Å². The topological polar surface area (TPSA) is 91.7 Å². The third kappa shape index (κ3) is 3.26. The highest BCUT2D eigenvalue weighted by atomic mass is 32.2. The van der Waals surface area contributed by atoms with Crippen molar-refractivity contribution in [2.75, 3.05) is 11.5 Å². The molecule has 0 aliphatic carbocycles. The number of sulfone groups is 1. The lowest BCUT2D eigenvalue weighted by molar-refractivity contribution is 0.0696.